The van der Waals surface area contributed by atoms with Gasteiger partial charge in [-0.1, -0.05) is 0 Å². The summed E-state index contributed by atoms with van der Waals surface area (Å²) in [5.74, 6) is 1.15. The number of nitrogens with one attached hydrogen (secondary N) is 3. The van der Waals surface area contributed by atoms with E-state index in [4.69, 9.17) is 4.74 Å². The third-order valence-corrected chi connectivity index (χ3v) is 3.12. The number of guanidine groups is 1. The van der Waals surface area contributed by atoms with Gasteiger partial charge in [-0.15, -0.1) is 0 Å². The molecule has 0 aromatic heterocycles. The fourth-order valence-electron chi connectivity index (χ4n) is 1.45. The van der Waals surface area contributed by atoms with Crippen molar-refractivity contribution in [1.29, 1.82) is 0 Å². The molecule has 0 saturated heterocycles. The van der Waals surface area contributed by atoms with Crippen molar-refractivity contribution in [2.24, 2.45) is 10.9 Å². The Bertz CT molecular complexity index is 325. The average Bonchev–Trinajstić information content (AvgIpc) is 3.22. The number of rotatable bonds is 7. The molecular weight excluding hydrogens is 244 g/mol. The van der Waals surface area contributed by atoms with Crippen LogP contribution in [0.2, 0.25) is 0 Å². The maximum atomic E-state index is 11.4. The van der Waals surface area contributed by atoms with Gasteiger partial charge in [0.15, 0.2) is 5.96 Å². The van der Waals surface area contributed by atoms with Crippen LogP contribution in [0.3, 0.4) is 0 Å². The first kappa shape index (κ1) is 15.8. The van der Waals surface area contributed by atoms with Crippen molar-refractivity contribution in [3.05, 3.63) is 0 Å². The molecule has 1 aliphatic carbocycles. The lowest BCUT2D eigenvalue weighted by molar-refractivity contribution is -0.122. The smallest absolute Gasteiger partial charge is 0.223 e. The molecule has 19 heavy (non-hydrogen) atoms. The molecule has 1 aliphatic rings. The number of carbonyl (C=O) groups excluding carboxylic acids is 1. The van der Waals surface area contributed by atoms with Crippen LogP contribution < -0.4 is 16.0 Å². The number of hydrogen-bond donors (Lipinski definition) is 3. The zero-order valence-electron chi connectivity index (χ0n) is 12.4. The zero-order chi connectivity index (χ0) is 14.3. The lowest BCUT2D eigenvalue weighted by Gasteiger charge is -2.24. The molecule has 0 radical (unpaired) electrons. The number of nitrogens with zero attached hydrogens (tertiary/aromatic N) is 1. The van der Waals surface area contributed by atoms with Crippen molar-refractivity contribution in [3.63, 3.8) is 0 Å². The van der Waals surface area contributed by atoms with E-state index in [2.05, 4.69) is 20.9 Å². The maximum Gasteiger partial charge on any atom is 0.223 e. The summed E-state index contributed by atoms with van der Waals surface area (Å²) >= 11 is 0. The maximum absolute atomic E-state index is 11.4. The van der Waals surface area contributed by atoms with E-state index in [0.717, 1.165) is 12.8 Å². The molecule has 1 amide bonds. The van der Waals surface area contributed by atoms with E-state index in [9.17, 15) is 4.79 Å². The number of hydrogen-bond acceptors (Lipinski definition) is 3. The topological polar surface area (TPSA) is 74.8 Å². The summed E-state index contributed by atoms with van der Waals surface area (Å²) in [6, 6.07) is 0. The molecule has 0 aromatic carbocycles. The van der Waals surface area contributed by atoms with Gasteiger partial charge in [-0.25, -0.2) is 0 Å². The Morgan fingerprint density at radius 1 is 1.26 bits per heavy atom. The molecule has 0 bridgehead atoms. The predicted octanol–water partition coefficient (Wildman–Crippen LogP) is 0.103. The van der Waals surface area contributed by atoms with Crippen LogP contribution in [0.4, 0.5) is 0 Å². The Balaban J connectivity index is 2.12. The van der Waals surface area contributed by atoms with Crippen molar-refractivity contribution < 1.29 is 9.53 Å². The van der Waals surface area contributed by atoms with Crippen LogP contribution in [0.1, 0.15) is 26.7 Å². The molecule has 110 valence electrons. The molecule has 0 atom stereocenters. The molecular formula is C13H26N4O2. The lowest BCUT2D eigenvalue weighted by atomic mass is 10.1. The van der Waals surface area contributed by atoms with Crippen molar-refractivity contribution in [1.82, 2.24) is 16.0 Å². The SMILES string of the molecule is CN=C(NCCNC(=O)C1CC1)NCC(C)(C)OC. The molecule has 1 saturated carbocycles. The largest absolute Gasteiger partial charge is 0.377 e. The van der Waals surface area contributed by atoms with E-state index in [-0.39, 0.29) is 17.4 Å². The van der Waals surface area contributed by atoms with Crippen LogP contribution in [-0.2, 0) is 9.53 Å². The lowest BCUT2D eigenvalue weighted by Crippen LogP contribution is -2.47. The first-order valence-corrected chi connectivity index (χ1v) is 6.76. The van der Waals surface area contributed by atoms with Crippen LogP contribution in [0.5, 0.6) is 0 Å². The Morgan fingerprint density at radius 3 is 2.42 bits per heavy atom. The molecule has 6 heteroatoms. The van der Waals surface area contributed by atoms with Crippen molar-refractivity contribution in [2.75, 3.05) is 33.8 Å². The van der Waals surface area contributed by atoms with Gasteiger partial charge in [0.2, 0.25) is 5.91 Å². The van der Waals surface area contributed by atoms with Gasteiger partial charge in [-0.05, 0) is 26.7 Å². The Morgan fingerprint density at radius 2 is 1.89 bits per heavy atom. The zero-order valence-corrected chi connectivity index (χ0v) is 12.4. The van der Waals surface area contributed by atoms with Crippen molar-refractivity contribution >= 4 is 11.9 Å². The molecule has 3 N–H and O–H groups in total. The predicted molar refractivity (Wildman–Crippen MR) is 76.2 cm³/mol. The van der Waals surface area contributed by atoms with Gasteiger partial charge in [0.05, 0.1) is 5.60 Å². The van der Waals surface area contributed by atoms with E-state index in [1.54, 1.807) is 14.2 Å². The highest BCUT2D eigenvalue weighted by Crippen LogP contribution is 2.28. The summed E-state index contributed by atoms with van der Waals surface area (Å²) in [6.07, 6.45) is 2.07. The fraction of sp³-hybridized carbons (Fsp3) is 0.846. The molecule has 6 nitrogen and oxygen atoms in total. The highest BCUT2D eigenvalue weighted by Gasteiger charge is 2.28. The molecule has 1 fully saturated rings. The third-order valence-electron chi connectivity index (χ3n) is 3.12. The summed E-state index contributed by atoms with van der Waals surface area (Å²) in [5.41, 5.74) is -0.238. The summed E-state index contributed by atoms with van der Waals surface area (Å²) in [4.78, 5) is 15.5. The standard InChI is InChI=1S/C13H26N4O2/c1-13(2,19-4)9-17-12(14-3)16-8-7-15-11(18)10-5-6-10/h10H,5-9H2,1-4H3,(H,15,18)(H2,14,16,17). The monoisotopic (exact) mass is 270 g/mol. The molecule has 0 spiro atoms. The van der Waals surface area contributed by atoms with Crippen LogP contribution in [0.15, 0.2) is 4.99 Å². The highest BCUT2D eigenvalue weighted by molar-refractivity contribution is 5.81. The molecule has 1 rings (SSSR count). The van der Waals surface area contributed by atoms with Gasteiger partial charge in [-0.2, -0.15) is 0 Å². The molecule has 0 unspecified atom stereocenters. The van der Waals surface area contributed by atoms with Gasteiger partial charge < -0.3 is 20.7 Å². The Hall–Kier alpha value is -1.30. The fourth-order valence-corrected chi connectivity index (χ4v) is 1.45. The first-order valence-electron chi connectivity index (χ1n) is 6.76. The van der Waals surface area contributed by atoms with E-state index in [0.29, 0.717) is 25.6 Å². The number of carbonyl (C=O) groups is 1. The van der Waals surface area contributed by atoms with Crippen molar-refractivity contribution in [3.8, 4) is 0 Å². The van der Waals surface area contributed by atoms with Gasteiger partial charge in [-0.3, -0.25) is 9.79 Å². The minimum absolute atomic E-state index is 0.172. The van der Waals surface area contributed by atoms with Crippen LogP contribution in [0.25, 0.3) is 0 Å². The Labute approximate surface area is 115 Å². The number of aliphatic imine (C=N–C) groups is 1. The molecule has 0 heterocycles. The molecule has 0 aromatic rings. The average molecular weight is 270 g/mol. The number of methoxy groups -OCH3 is 1. The van der Waals surface area contributed by atoms with Crippen LogP contribution in [0, 0.1) is 5.92 Å². The first-order chi connectivity index (χ1) is 8.98. The third kappa shape index (κ3) is 6.42. The van der Waals surface area contributed by atoms with E-state index in [1.165, 1.54) is 0 Å². The van der Waals surface area contributed by atoms with Crippen LogP contribution in [-0.4, -0.2) is 51.3 Å². The highest BCUT2D eigenvalue weighted by atomic mass is 16.5. The molecule has 0 aliphatic heterocycles. The Kier molecular flexibility index (Phi) is 6.08. The summed E-state index contributed by atoms with van der Waals surface area (Å²) in [7, 11) is 3.41. The van der Waals surface area contributed by atoms with Crippen molar-refractivity contribution in [2.45, 2.75) is 32.3 Å². The van der Waals surface area contributed by atoms with Crippen LogP contribution >= 0.6 is 0 Å². The van der Waals surface area contributed by atoms with E-state index in [1.807, 2.05) is 13.8 Å². The second-order valence-electron chi connectivity index (χ2n) is 5.38. The van der Waals surface area contributed by atoms with Gasteiger partial charge >= 0.3 is 0 Å². The van der Waals surface area contributed by atoms with Gasteiger partial charge in [0, 0.05) is 39.7 Å². The summed E-state index contributed by atoms with van der Waals surface area (Å²) in [6.45, 7) is 5.94. The minimum Gasteiger partial charge on any atom is -0.377 e. The second-order valence-corrected chi connectivity index (χ2v) is 5.38. The van der Waals surface area contributed by atoms with Gasteiger partial charge in [0.1, 0.15) is 0 Å². The number of ether oxygens (including phenoxy) is 1. The minimum atomic E-state index is -0.238. The van der Waals surface area contributed by atoms with Gasteiger partial charge in [0.25, 0.3) is 0 Å². The van der Waals surface area contributed by atoms with E-state index >= 15 is 0 Å². The summed E-state index contributed by atoms with van der Waals surface area (Å²) in [5, 5.41) is 9.23. The normalized spacial score (nSPS) is 16.1. The summed E-state index contributed by atoms with van der Waals surface area (Å²) < 4.78 is 5.32. The second kappa shape index (κ2) is 7.33. The quantitative estimate of drug-likeness (QED) is 0.348. The number of amides is 1. The van der Waals surface area contributed by atoms with E-state index < -0.39 is 0 Å².